The van der Waals surface area contributed by atoms with Crippen molar-refractivity contribution in [2.75, 3.05) is 0 Å². The van der Waals surface area contributed by atoms with Gasteiger partial charge in [0.25, 0.3) is 10.1 Å². The minimum absolute atomic E-state index is 0.0741. The molecule has 7 nitrogen and oxygen atoms in total. The van der Waals surface area contributed by atoms with Crippen molar-refractivity contribution < 1.29 is 22.9 Å². The topological polar surface area (TPSA) is 133 Å². The van der Waals surface area contributed by atoms with E-state index in [2.05, 4.69) is 4.98 Å². The Hall–Kier alpha value is -2.39. The molecule has 138 valence electrons. The molecule has 0 aliphatic heterocycles. The molecule has 9 heteroatoms. The first kappa shape index (κ1) is 19.9. The molecule has 0 saturated carbocycles. The zero-order chi connectivity index (χ0) is 19.3. The average molecular weight is 397 g/mol. The summed E-state index contributed by atoms with van der Waals surface area (Å²) < 4.78 is 29.2. The molecule has 1 heterocycles. The highest BCUT2D eigenvalue weighted by Crippen LogP contribution is 2.22. The van der Waals surface area contributed by atoms with E-state index in [1.54, 1.807) is 36.5 Å². The molecule has 0 radical (unpaired) electrons. The van der Waals surface area contributed by atoms with E-state index in [1.807, 2.05) is 6.07 Å². The van der Waals surface area contributed by atoms with Crippen molar-refractivity contribution in [1.29, 1.82) is 0 Å². The highest BCUT2D eigenvalue weighted by Gasteiger charge is 2.14. The molecule has 2 aromatic carbocycles. The summed E-state index contributed by atoms with van der Waals surface area (Å²) in [6.45, 7) is 0. The number of carbonyl (C=O) groups is 1. The number of aromatic amines is 1. The zero-order valence-corrected chi connectivity index (χ0v) is 15.0. The smallest absolute Gasteiger partial charge is 0.320 e. The van der Waals surface area contributed by atoms with E-state index in [4.69, 9.17) is 27.0 Å². The van der Waals surface area contributed by atoms with Crippen LogP contribution in [-0.4, -0.2) is 35.1 Å². The van der Waals surface area contributed by atoms with Gasteiger partial charge in [-0.25, -0.2) is 0 Å². The van der Waals surface area contributed by atoms with Gasteiger partial charge in [-0.3, -0.25) is 9.35 Å². The minimum atomic E-state index is -4.00. The highest BCUT2D eigenvalue weighted by molar-refractivity contribution is 7.85. The van der Waals surface area contributed by atoms with Gasteiger partial charge >= 0.3 is 5.97 Å². The fraction of sp³-hybridized carbons (Fsp3) is 0.118. The molecular weight excluding hydrogens is 380 g/mol. The molecule has 0 fully saturated rings. The van der Waals surface area contributed by atoms with Crippen molar-refractivity contribution in [3.8, 4) is 0 Å². The van der Waals surface area contributed by atoms with Crippen LogP contribution >= 0.6 is 11.6 Å². The van der Waals surface area contributed by atoms with Crippen LogP contribution in [0, 0.1) is 0 Å². The van der Waals surface area contributed by atoms with Gasteiger partial charge in [0.1, 0.15) is 6.04 Å². The second kappa shape index (κ2) is 8.33. The molecule has 0 aliphatic rings. The number of carboxylic acids is 1. The number of fused-ring (bicyclic) bond motifs is 1. The fourth-order valence-electron chi connectivity index (χ4n) is 2.24. The predicted molar refractivity (Wildman–Crippen MR) is 98.9 cm³/mol. The SMILES string of the molecule is NC(Cc1c[nH]c2cc(Cl)ccc12)C(=O)O.O=S(=O)(O)c1ccccc1. The van der Waals surface area contributed by atoms with Gasteiger partial charge in [0.05, 0.1) is 4.90 Å². The lowest BCUT2D eigenvalue weighted by atomic mass is 10.1. The highest BCUT2D eigenvalue weighted by atomic mass is 35.5. The largest absolute Gasteiger partial charge is 0.480 e. The second-order valence-electron chi connectivity index (χ2n) is 5.44. The Morgan fingerprint density at radius 1 is 1.19 bits per heavy atom. The summed E-state index contributed by atoms with van der Waals surface area (Å²) in [4.78, 5) is 13.6. The fourth-order valence-corrected chi connectivity index (χ4v) is 2.92. The monoisotopic (exact) mass is 396 g/mol. The van der Waals surface area contributed by atoms with E-state index in [0.29, 0.717) is 11.4 Å². The number of rotatable bonds is 4. The summed E-state index contributed by atoms with van der Waals surface area (Å²) in [6, 6.07) is 12.0. The third kappa shape index (κ3) is 5.30. The number of nitrogens with one attached hydrogen (secondary N) is 1. The van der Waals surface area contributed by atoms with Gasteiger partial charge in [-0.05, 0) is 29.8 Å². The van der Waals surface area contributed by atoms with Crippen LogP contribution in [0.5, 0.6) is 0 Å². The maximum Gasteiger partial charge on any atom is 0.320 e. The number of aliphatic carboxylic acids is 1. The first-order valence-corrected chi connectivity index (χ1v) is 9.26. The number of H-pyrrole nitrogens is 1. The van der Waals surface area contributed by atoms with Crippen molar-refractivity contribution in [1.82, 2.24) is 4.98 Å². The summed E-state index contributed by atoms with van der Waals surface area (Å²) in [5.41, 5.74) is 7.27. The van der Waals surface area contributed by atoms with E-state index < -0.39 is 22.1 Å². The normalized spacial score (nSPS) is 12.3. The summed E-state index contributed by atoms with van der Waals surface area (Å²) in [5, 5.41) is 10.3. The Morgan fingerprint density at radius 2 is 1.85 bits per heavy atom. The van der Waals surface area contributed by atoms with Crippen LogP contribution in [0.1, 0.15) is 5.56 Å². The van der Waals surface area contributed by atoms with E-state index in [0.717, 1.165) is 16.5 Å². The maximum absolute atomic E-state index is 10.7. The van der Waals surface area contributed by atoms with Crippen LogP contribution in [-0.2, 0) is 21.3 Å². The average Bonchev–Trinajstić information content (AvgIpc) is 2.97. The molecule has 3 rings (SSSR count). The quantitative estimate of drug-likeness (QED) is 0.501. The van der Waals surface area contributed by atoms with E-state index in [1.165, 1.54) is 12.1 Å². The molecule has 0 spiro atoms. The van der Waals surface area contributed by atoms with Crippen molar-refractivity contribution in [2.45, 2.75) is 17.4 Å². The van der Waals surface area contributed by atoms with Gasteiger partial charge in [-0.2, -0.15) is 8.42 Å². The Bertz CT molecular complexity index is 1000. The molecule has 1 unspecified atom stereocenters. The third-order valence-corrected chi connectivity index (χ3v) is 4.63. The number of nitrogens with two attached hydrogens (primary N) is 1. The number of halogens is 1. The molecule has 0 bridgehead atoms. The molecule has 1 aromatic heterocycles. The minimum Gasteiger partial charge on any atom is -0.480 e. The number of hydrogen-bond donors (Lipinski definition) is 4. The third-order valence-electron chi connectivity index (χ3n) is 3.53. The number of hydrogen-bond acceptors (Lipinski definition) is 4. The molecule has 0 saturated heterocycles. The van der Waals surface area contributed by atoms with Crippen LogP contribution in [0.3, 0.4) is 0 Å². The van der Waals surface area contributed by atoms with Crippen molar-refractivity contribution >= 4 is 38.6 Å². The van der Waals surface area contributed by atoms with Crippen molar-refractivity contribution in [2.24, 2.45) is 5.73 Å². The van der Waals surface area contributed by atoms with E-state index in [-0.39, 0.29) is 4.90 Å². The van der Waals surface area contributed by atoms with Crippen molar-refractivity contribution in [3.05, 3.63) is 65.3 Å². The lowest BCUT2D eigenvalue weighted by Gasteiger charge is -2.04. The number of benzene rings is 2. The summed E-state index contributed by atoms with van der Waals surface area (Å²) >= 11 is 5.85. The summed E-state index contributed by atoms with van der Waals surface area (Å²) in [6.07, 6.45) is 2.07. The molecular formula is C17H17ClN2O5S. The van der Waals surface area contributed by atoms with Gasteiger partial charge in [-0.1, -0.05) is 35.9 Å². The lowest BCUT2D eigenvalue weighted by Crippen LogP contribution is -2.32. The zero-order valence-electron chi connectivity index (χ0n) is 13.5. The Morgan fingerprint density at radius 3 is 2.38 bits per heavy atom. The first-order valence-electron chi connectivity index (χ1n) is 7.45. The molecule has 0 aliphatic carbocycles. The van der Waals surface area contributed by atoms with Crippen LogP contribution in [0.25, 0.3) is 10.9 Å². The summed E-state index contributed by atoms with van der Waals surface area (Å²) in [7, 11) is -4.00. The first-order chi connectivity index (χ1) is 12.2. The Kier molecular flexibility index (Phi) is 6.38. The predicted octanol–water partition coefficient (Wildman–Crippen LogP) is 2.71. The lowest BCUT2D eigenvalue weighted by molar-refractivity contribution is -0.138. The molecule has 1 atom stereocenters. The maximum atomic E-state index is 10.7. The molecule has 26 heavy (non-hydrogen) atoms. The Labute approximate surface area is 155 Å². The molecule has 5 N–H and O–H groups in total. The van der Waals surface area contributed by atoms with Crippen LogP contribution in [0.2, 0.25) is 5.02 Å². The van der Waals surface area contributed by atoms with Gasteiger partial charge in [-0.15, -0.1) is 0 Å². The molecule has 0 amide bonds. The standard InChI is InChI=1S/C11H11ClN2O2.C6H6O3S/c12-7-1-2-8-6(3-9(13)11(15)16)5-14-10(8)4-7;7-10(8,9)6-4-2-1-3-5-6/h1-2,4-5,9,14H,3,13H2,(H,15,16);1-5H,(H,7,8,9). The van der Waals surface area contributed by atoms with Gasteiger partial charge < -0.3 is 15.8 Å². The van der Waals surface area contributed by atoms with Gasteiger partial charge in [0.2, 0.25) is 0 Å². The van der Waals surface area contributed by atoms with Gasteiger partial charge in [0.15, 0.2) is 0 Å². The second-order valence-corrected chi connectivity index (χ2v) is 7.30. The van der Waals surface area contributed by atoms with Gasteiger partial charge in [0, 0.05) is 28.5 Å². The Balaban J connectivity index is 0.000000209. The number of carboxylic acid groups (broad SMARTS) is 1. The van der Waals surface area contributed by atoms with Crippen molar-refractivity contribution in [3.63, 3.8) is 0 Å². The van der Waals surface area contributed by atoms with E-state index >= 15 is 0 Å². The number of aromatic nitrogens is 1. The van der Waals surface area contributed by atoms with Crippen LogP contribution in [0.4, 0.5) is 0 Å². The van der Waals surface area contributed by atoms with Crippen LogP contribution in [0.15, 0.2) is 59.6 Å². The van der Waals surface area contributed by atoms with E-state index in [9.17, 15) is 13.2 Å². The summed E-state index contributed by atoms with van der Waals surface area (Å²) in [5.74, 6) is -0.997. The van der Waals surface area contributed by atoms with Crippen LogP contribution < -0.4 is 5.73 Å². The molecule has 3 aromatic rings.